The van der Waals surface area contributed by atoms with Crippen LogP contribution in [0.1, 0.15) is 35.6 Å². The zero-order valence-electron chi connectivity index (χ0n) is 11.4. The van der Waals surface area contributed by atoms with Crippen LogP contribution in [0.4, 0.5) is 0 Å². The molecule has 0 aliphatic rings. The van der Waals surface area contributed by atoms with Gasteiger partial charge in [-0.3, -0.25) is 4.79 Å². The molecule has 0 aromatic heterocycles. The normalized spacial score (nSPS) is 12.1. The van der Waals surface area contributed by atoms with Crippen LogP contribution in [0.3, 0.4) is 0 Å². The maximum Gasteiger partial charge on any atom is 0.305 e. The van der Waals surface area contributed by atoms with Crippen LogP contribution in [0, 0.1) is 13.8 Å². The quantitative estimate of drug-likeness (QED) is 0.815. The van der Waals surface area contributed by atoms with Gasteiger partial charge in [0.1, 0.15) is 5.75 Å². The predicted octanol–water partition coefficient (Wildman–Crippen LogP) is 2.27. The van der Waals surface area contributed by atoms with Gasteiger partial charge in [-0.2, -0.15) is 0 Å². The summed E-state index contributed by atoms with van der Waals surface area (Å²) in [4.78, 5) is 11.1. The van der Waals surface area contributed by atoms with Crippen molar-refractivity contribution in [1.29, 1.82) is 0 Å². The number of esters is 1. The van der Waals surface area contributed by atoms with E-state index in [1.807, 2.05) is 19.9 Å². The number of hydrogen-bond donors (Lipinski definition) is 1. The fourth-order valence-electron chi connectivity index (χ4n) is 2.10. The van der Waals surface area contributed by atoms with Gasteiger partial charge in [0, 0.05) is 18.0 Å². The van der Waals surface area contributed by atoms with Gasteiger partial charge >= 0.3 is 5.97 Å². The second-order valence-corrected chi connectivity index (χ2v) is 4.42. The smallest absolute Gasteiger partial charge is 0.305 e. The van der Waals surface area contributed by atoms with E-state index in [0.29, 0.717) is 12.8 Å². The van der Waals surface area contributed by atoms with Crippen LogP contribution in [0.5, 0.6) is 5.75 Å². The summed E-state index contributed by atoms with van der Waals surface area (Å²) in [6.07, 6.45) is 0.862. The monoisotopic (exact) mass is 251 g/mol. The minimum atomic E-state index is -0.241. The molecular formula is C14H21NO3. The van der Waals surface area contributed by atoms with E-state index >= 15 is 0 Å². The SMILES string of the molecule is COC(=O)CCC(N)c1c(C)cc(C)cc1OC. The molecule has 2 N–H and O–H groups in total. The Morgan fingerprint density at radius 3 is 2.56 bits per heavy atom. The number of ether oxygens (including phenoxy) is 2. The van der Waals surface area contributed by atoms with E-state index in [0.717, 1.165) is 22.4 Å². The molecule has 1 aromatic carbocycles. The summed E-state index contributed by atoms with van der Waals surface area (Å²) in [5, 5.41) is 0. The molecule has 0 saturated carbocycles. The van der Waals surface area contributed by atoms with Crippen LogP contribution in [0.25, 0.3) is 0 Å². The van der Waals surface area contributed by atoms with Gasteiger partial charge in [0.15, 0.2) is 0 Å². The first-order chi connectivity index (χ1) is 8.49. The van der Waals surface area contributed by atoms with E-state index < -0.39 is 0 Å². The third-order valence-corrected chi connectivity index (χ3v) is 2.97. The molecule has 0 aliphatic carbocycles. The summed E-state index contributed by atoms with van der Waals surface area (Å²) in [5.74, 6) is 0.541. The number of carbonyl (C=O) groups excluding carboxylic acids is 1. The van der Waals surface area contributed by atoms with Gasteiger partial charge in [-0.25, -0.2) is 0 Å². The number of rotatable bonds is 5. The fraction of sp³-hybridized carbons (Fsp3) is 0.500. The fourth-order valence-corrected chi connectivity index (χ4v) is 2.10. The van der Waals surface area contributed by atoms with E-state index in [4.69, 9.17) is 10.5 Å². The minimum absolute atomic E-state index is 0.223. The molecule has 100 valence electrons. The Morgan fingerprint density at radius 1 is 1.33 bits per heavy atom. The molecular weight excluding hydrogens is 230 g/mol. The van der Waals surface area contributed by atoms with Gasteiger partial charge in [-0.05, 0) is 37.5 Å². The highest BCUT2D eigenvalue weighted by Crippen LogP contribution is 2.31. The van der Waals surface area contributed by atoms with E-state index in [2.05, 4.69) is 10.8 Å². The Kier molecular flexibility index (Phi) is 5.16. The number of carbonyl (C=O) groups is 1. The van der Waals surface area contributed by atoms with Gasteiger partial charge in [0.05, 0.1) is 14.2 Å². The van der Waals surface area contributed by atoms with Crippen LogP contribution in [-0.2, 0) is 9.53 Å². The van der Waals surface area contributed by atoms with E-state index in [9.17, 15) is 4.79 Å². The van der Waals surface area contributed by atoms with Crippen LogP contribution >= 0.6 is 0 Å². The van der Waals surface area contributed by atoms with E-state index in [1.165, 1.54) is 7.11 Å². The van der Waals surface area contributed by atoms with Crippen molar-refractivity contribution < 1.29 is 14.3 Å². The highest BCUT2D eigenvalue weighted by molar-refractivity contribution is 5.69. The van der Waals surface area contributed by atoms with Crippen LogP contribution in [0.15, 0.2) is 12.1 Å². The third-order valence-electron chi connectivity index (χ3n) is 2.97. The number of benzene rings is 1. The van der Waals surface area contributed by atoms with Crippen molar-refractivity contribution in [3.05, 3.63) is 28.8 Å². The van der Waals surface area contributed by atoms with Crippen LogP contribution in [-0.4, -0.2) is 20.2 Å². The molecule has 18 heavy (non-hydrogen) atoms. The molecule has 0 aliphatic heterocycles. The lowest BCUT2D eigenvalue weighted by Crippen LogP contribution is -2.15. The average molecular weight is 251 g/mol. The van der Waals surface area contributed by atoms with Crippen LogP contribution in [0.2, 0.25) is 0 Å². The molecule has 1 aromatic rings. The van der Waals surface area contributed by atoms with Crippen molar-refractivity contribution in [2.75, 3.05) is 14.2 Å². The van der Waals surface area contributed by atoms with Crippen molar-refractivity contribution in [3.8, 4) is 5.75 Å². The number of aryl methyl sites for hydroxylation is 2. The first-order valence-electron chi connectivity index (χ1n) is 5.97. The van der Waals surface area contributed by atoms with Gasteiger partial charge in [-0.15, -0.1) is 0 Å². The average Bonchev–Trinajstić information content (AvgIpc) is 2.34. The maximum atomic E-state index is 11.1. The largest absolute Gasteiger partial charge is 0.496 e. The summed E-state index contributed by atoms with van der Waals surface area (Å²) in [7, 11) is 3.01. The highest BCUT2D eigenvalue weighted by Gasteiger charge is 2.16. The van der Waals surface area contributed by atoms with Crippen molar-refractivity contribution in [2.45, 2.75) is 32.7 Å². The number of methoxy groups -OCH3 is 2. The van der Waals surface area contributed by atoms with Crippen molar-refractivity contribution in [3.63, 3.8) is 0 Å². The molecule has 0 amide bonds. The topological polar surface area (TPSA) is 61.5 Å². The Morgan fingerprint density at radius 2 is 2.00 bits per heavy atom. The van der Waals surface area contributed by atoms with Gasteiger partial charge in [0.25, 0.3) is 0 Å². The molecule has 0 radical (unpaired) electrons. The summed E-state index contributed by atoms with van der Waals surface area (Å²) in [6, 6.07) is 3.80. The summed E-state index contributed by atoms with van der Waals surface area (Å²) in [6.45, 7) is 4.02. The Hall–Kier alpha value is -1.55. The van der Waals surface area contributed by atoms with Gasteiger partial charge in [-0.1, -0.05) is 6.07 Å². The Balaban J connectivity index is 2.90. The number of hydrogen-bond acceptors (Lipinski definition) is 4. The van der Waals surface area contributed by atoms with Gasteiger partial charge < -0.3 is 15.2 Å². The molecule has 0 fully saturated rings. The third kappa shape index (κ3) is 3.47. The molecule has 0 spiro atoms. The zero-order valence-corrected chi connectivity index (χ0v) is 11.4. The molecule has 1 atom stereocenters. The van der Waals surface area contributed by atoms with E-state index in [1.54, 1.807) is 7.11 Å². The molecule has 1 unspecified atom stereocenters. The summed E-state index contributed by atoms with van der Waals surface area (Å²) < 4.78 is 9.98. The van der Waals surface area contributed by atoms with Crippen molar-refractivity contribution in [1.82, 2.24) is 0 Å². The zero-order chi connectivity index (χ0) is 13.7. The first kappa shape index (κ1) is 14.5. The highest BCUT2D eigenvalue weighted by atomic mass is 16.5. The molecule has 4 nitrogen and oxygen atoms in total. The molecule has 1 rings (SSSR count). The van der Waals surface area contributed by atoms with Gasteiger partial charge in [0.2, 0.25) is 0 Å². The standard InChI is InChI=1S/C14H21NO3/c1-9-7-10(2)14(12(8-9)17-3)11(15)5-6-13(16)18-4/h7-8,11H,5-6,15H2,1-4H3. The maximum absolute atomic E-state index is 11.1. The summed E-state index contributed by atoms with van der Waals surface area (Å²) >= 11 is 0. The first-order valence-corrected chi connectivity index (χ1v) is 5.97. The Bertz CT molecular complexity index is 429. The molecule has 0 heterocycles. The lowest BCUT2D eigenvalue weighted by molar-refractivity contribution is -0.140. The molecule has 0 bridgehead atoms. The second-order valence-electron chi connectivity index (χ2n) is 4.42. The lowest BCUT2D eigenvalue weighted by atomic mass is 9.95. The second kappa shape index (κ2) is 6.40. The molecule has 0 saturated heterocycles. The molecule has 4 heteroatoms. The lowest BCUT2D eigenvalue weighted by Gasteiger charge is -2.18. The predicted molar refractivity (Wildman–Crippen MR) is 70.6 cm³/mol. The Labute approximate surface area is 108 Å². The van der Waals surface area contributed by atoms with Crippen molar-refractivity contribution in [2.24, 2.45) is 5.73 Å². The summed E-state index contributed by atoms with van der Waals surface area (Å²) in [5.41, 5.74) is 9.32. The van der Waals surface area contributed by atoms with Crippen molar-refractivity contribution >= 4 is 5.97 Å². The van der Waals surface area contributed by atoms with Crippen LogP contribution < -0.4 is 10.5 Å². The van der Waals surface area contributed by atoms with E-state index in [-0.39, 0.29) is 12.0 Å². The number of nitrogens with two attached hydrogens (primary N) is 1. The minimum Gasteiger partial charge on any atom is -0.496 e.